The average Bonchev–Trinajstić information content (AvgIpc) is 3.24. The minimum absolute atomic E-state index is 0.896. The first-order chi connectivity index (χ1) is 12.9. The Kier molecular flexibility index (Phi) is 2.80. The lowest BCUT2D eigenvalue weighted by Gasteiger charge is -2.13. The molecule has 0 bridgehead atoms. The lowest BCUT2D eigenvalue weighted by atomic mass is 10.1. The molecule has 0 amide bonds. The summed E-state index contributed by atoms with van der Waals surface area (Å²) < 4.78 is 8.68. The van der Waals surface area contributed by atoms with Gasteiger partial charge in [0.1, 0.15) is 17.0 Å². The standard InChI is InChI=1S/C22H17N3O/c1-3-10-23-17(8-1)15-7-5-6-14-16-12-18-19(13-20(16)26-22(14)15)25-11-4-2-9-21(25)24-18/h1,3,5-8,10,12-13H,2,4,9,11H2. The van der Waals surface area contributed by atoms with E-state index in [4.69, 9.17) is 9.40 Å². The van der Waals surface area contributed by atoms with Crippen molar-refractivity contribution in [3.8, 4) is 11.3 Å². The fourth-order valence-electron chi connectivity index (χ4n) is 4.18. The van der Waals surface area contributed by atoms with Crippen molar-refractivity contribution in [2.45, 2.75) is 25.8 Å². The molecule has 6 rings (SSSR count). The maximum atomic E-state index is 6.33. The minimum atomic E-state index is 0.896. The van der Waals surface area contributed by atoms with Gasteiger partial charge < -0.3 is 8.98 Å². The molecule has 2 aromatic carbocycles. The molecule has 4 nitrogen and oxygen atoms in total. The molecule has 0 saturated carbocycles. The largest absolute Gasteiger partial charge is 0.455 e. The summed E-state index contributed by atoms with van der Waals surface area (Å²) in [4.78, 5) is 9.37. The van der Waals surface area contributed by atoms with Crippen LogP contribution in [0.25, 0.3) is 44.2 Å². The van der Waals surface area contributed by atoms with E-state index < -0.39 is 0 Å². The summed E-state index contributed by atoms with van der Waals surface area (Å²) >= 11 is 0. The van der Waals surface area contributed by atoms with Gasteiger partial charge in [-0.15, -0.1) is 0 Å². The van der Waals surface area contributed by atoms with Crippen molar-refractivity contribution < 1.29 is 4.42 Å². The molecule has 0 fully saturated rings. The molecule has 0 radical (unpaired) electrons. The van der Waals surface area contributed by atoms with Gasteiger partial charge in [-0.1, -0.05) is 18.2 Å². The number of aromatic nitrogens is 3. The van der Waals surface area contributed by atoms with Crippen LogP contribution in [0.3, 0.4) is 0 Å². The fourth-order valence-corrected chi connectivity index (χ4v) is 4.18. The first kappa shape index (κ1) is 14.1. The zero-order chi connectivity index (χ0) is 17.1. The van der Waals surface area contributed by atoms with E-state index in [9.17, 15) is 0 Å². The van der Waals surface area contributed by atoms with Crippen molar-refractivity contribution in [3.05, 3.63) is 60.6 Å². The second-order valence-corrected chi connectivity index (χ2v) is 6.97. The zero-order valence-corrected chi connectivity index (χ0v) is 14.3. The molecule has 1 aliphatic rings. The Labute approximate surface area is 150 Å². The van der Waals surface area contributed by atoms with Gasteiger partial charge in [0.15, 0.2) is 0 Å². The number of rotatable bonds is 1. The molecule has 0 unspecified atom stereocenters. The molecule has 0 spiro atoms. The summed E-state index contributed by atoms with van der Waals surface area (Å²) in [5.74, 6) is 1.21. The van der Waals surface area contributed by atoms with Crippen molar-refractivity contribution in [1.29, 1.82) is 0 Å². The minimum Gasteiger partial charge on any atom is -0.455 e. The Morgan fingerprint density at radius 3 is 2.88 bits per heavy atom. The molecule has 4 heterocycles. The summed E-state index contributed by atoms with van der Waals surface area (Å²) in [5, 5.41) is 2.25. The van der Waals surface area contributed by atoms with Crippen LogP contribution in [-0.2, 0) is 13.0 Å². The Morgan fingerprint density at radius 2 is 1.96 bits per heavy atom. The van der Waals surface area contributed by atoms with Gasteiger partial charge in [0.2, 0.25) is 0 Å². The van der Waals surface area contributed by atoms with Crippen molar-refractivity contribution >= 4 is 33.0 Å². The number of hydrogen-bond donors (Lipinski definition) is 0. The molecule has 0 aliphatic carbocycles. The second-order valence-electron chi connectivity index (χ2n) is 6.97. The van der Waals surface area contributed by atoms with Crippen LogP contribution < -0.4 is 0 Å². The third kappa shape index (κ3) is 1.90. The molecule has 5 aromatic rings. The highest BCUT2D eigenvalue weighted by Crippen LogP contribution is 2.37. The first-order valence-corrected chi connectivity index (χ1v) is 9.14. The normalized spacial score (nSPS) is 14.3. The third-order valence-corrected chi connectivity index (χ3v) is 5.42. The maximum Gasteiger partial charge on any atom is 0.144 e. The maximum absolute atomic E-state index is 6.33. The molecule has 4 heteroatoms. The van der Waals surface area contributed by atoms with Gasteiger partial charge >= 0.3 is 0 Å². The van der Waals surface area contributed by atoms with Gasteiger partial charge in [-0.05, 0) is 37.1 Å². The van der Waals surface area contributed by atoms with Crippen LogP contribution in [0.5, 0.6) is 0 Å². The highest BCUT2D eigenvalue weighted by Gasteiger charge is 2.18. The van der Waals surface area contributed by atoms with Gasteiger partial charge in [-0.25, -0.2) is 4.98 Å². The van der Waals surface area contributed by atoms with Gasteiger partial charge in [0, 0.05) is 41.6 Å². The highest BCUT2D eigenvalue weighted by atomic mass is 16.3. The van der Waals surface area contributed by atoms with Crippen molar-refractivity contribution in [2.24, 2.45) is 0 Å². The van der Waals surface area contributed by atoms with Gasteiger partial charge in [-0.3, -0.25) is 4.98 Å². The quantitative estimate of drug-likeness (QED) is 0.414. The number of benzene rings is 2. The van der Waals surface area contributed by atoms with Gasteiger partial charge in [0.25, 0.3) is 0 Å². The van der Waals surface area contributed by atoms with E-state index in [0.29, 0.717) is 0 Å². The molecule has 0 atom stereocenters. The molecule has 0 saturated heterocycles. The van der Waals surface area contributed by atoms with Gasteiger partial charge in [0.05, 0.1) is 16.7 Å². The molecular weight excluding hydrogens is 322 g/mol. The number of imidazole rings is 1. The SMILES string of the molecule is c1ccc(-c2cccc3c2oc2cc4c(cc23)nc2n4CCCC2)nc1. The predicted molar refractivity (Wildman–Crippen MR) is 103 cm³/mol. The Bertz CT molecular complexity index is 1280. The average molecular weight is 339 g/mol. The summed E-state index contributed by atoms with van der Waals surface area (Å²) in [6, 6.07) is 16.6. The molecule has 0 N–H and O–H groups in total. The van der Waals surface area contributed by atoms with Crippen LogP contribution in [0.2, 0.25) is 0 Å². The molecular formula is C22H17N3O. The highest BCUT2D eigenvalue weighted by molar-refractivity contribution is 6.12. The third-order valence-electron chi connectivity index (χ3n) is 5.42. The summed E-state index contributed by atoms with van der Waals surface area (Å²) in [6.45, 7) is 1.05. The van der Waals surface area contributed by atoms with E-state index in [0.717, 1.165) is 51.7 Å². The lowest BCUT2D eigenvalue weighted by Crippen LogP contribution is -2.09. The number of furan rings is 1. The van der Waals surface area contributed by atoms with Crippen molar-refractivity contribution in [2.75, 3.05) is 0 Å². The lowest BCUT2D eigenvalue weighted by molar-refractivity contribution is 0.533. The van der Waals surface area contributed by atoms with Gasteiger partial charge in [-0.2, -0.15) is 0 Å². The van der Waals surface area contributed by atoms with E-state index in [1.165, 1.54) is 24.2 Å². The molecule has 126 valence electrons. The van der Waals surface area contributed by atoms with E-state index in [1.54, 1.807) is 0 Å². The number of nitrogens with zero attached hydrogens (tertiary/aromatic N) is 3. The number of hydrogen-bond acceptors (Lipinski definition) is 3. The van der Waals surface area contributed by atoms with Crippen molar-refractivity contribution in [1.82, 2.24) is 14.5 Å². The predicted octanol–water partition coefficient (Wildman–Crippen LogP) is 5.33. The molecule has 26 heavy (non-hydrogen) atoms. The summed E-state index contributed by atoms with van der Waals surface area (Å²) in [7, 11) is 0. The Hall–Kier alpha value is -3.14. The number of fused-ring (bicyclic) bond motifs is 6. The van der Waals surface area contributed by atoms with Crippen LogP contribution in [0.15, 0.2) is 59.1 Å². The summed E-state index contributed by atoms with van der Waals surface area (Å²) in [5.41, 5.74) is 6.03. The number of pyridine rings is 1. The van der Waals surface area contributed by atoms with Crippen LogP contribution in [0, 0.1) is 0 Å². The van der Waals surface area contributed by atoms with E-state index in [-0.39, 0.29) is 0 Å². The summed E-state index contributed by atoms with van der Waals surface area (Å²) in [6.07, 6.45) is 5.34. The number of aryl methyl sites for hydroxylation is 2. The Morgan fingerprint density at radius 1 is 0.962 bits per heavy atom. The zero-order valence-electron chi connectivity index (χ0n) is 14.3. The monoisotopic (exact) mass is 339 g/mol. The topological polar surface area (TPSA) is 43.9 Å². The first-order valence-electron chi connectivity index (χ1n) is 9.14. The smallest absolute Gasteiger partial charge is 0.144 e. The van der Waals surface area contributed by atoms with E-state index in [1.807, 2.05) is 24.4 Å². The Balaban J connectivity index is 1.67. The van der Waals surface area contributed by atoms with Crippen LogP contribution in [0.4, 0.5) is 0 Å². The molecule has 3 aromatic heterocycles. The van der Waals surface area contributed by atoms with Crippen molar-refractivity contribution in [3.63, 3.8) is 0 Å². The fraction of sp³-hybridized carbons (Fsp3) is 0.182. The second kappa shape index (κ2) is 5.18. The van der Waals surface area contributed by atoms with Crippen LogP contribution in [0.1, 0.15) is 18.7 Å². The van der Waals surface area contributed by atoms with Crippen LogP contribution in [-0.4, -0.2) is 14.5 Å². The van der Waals surface area contributed by atoms with E-state index >= 15 is 0 Å². The number of para-hydroxylation sites is 1. The molecule has 1 aliphatic heterocycles. The van der Waals surface area contributed by atoms with E-state index in [2.05, 4.69) is 39.9 Å². The van der Waals surface area contributed by atoms with Crippen LogP contribution >= 0.6 is 0 Å².